The maximum Gasteiger partial charge on any atom is 0.178 e. The molecule has 1 aliphatic heterocycles. The Morgan fingerprint density at radius 1 is 1.47 bits per heavy atom. The van der Waals surface area contributed by atoms with Crippen LogP contribution in [0.15, 0.2) is 6.07 Å². The van der Waals surface area contributed by atoms with Crippen LogP contribution in [0.4, 0.5) is 20.4 Å². The zero-order valence-corrected chi connectivity index (χ0v) is 10.6. The first kappa shape index (κ1) is 14.0. The Morgan fingerprint density at radius 3 is 2.95 bits per heavy atom. The maximum atomic E-state index is 13.8. The molecule has 106 valence electrons. The molecule has 1 unspecified atom stereocenters. The molecule has 1 aromatic rings. The summed E-state index contributed by atoms with van der Waals surface area (Å²) in [6.45, 7) is 1.40. The van der Waals surface area contributed by atoms with Crippen molar-refractivity contribution in [3.8, 4) is 0 Å². The van der Waals surface area contributed by atoms with E-state index in [1.807, 2.05) is 0 Å². The van der Waals surface area contributed by atoms with E-state index >= 15 is 0 Å². The van der Waals surface area contributed by atoms with E-state index < -0.39 is 11.6 Å². The highest BCUT2D eigenvalue weighted by Gasteiger charge is 2.24. The second-order valence-electron chi connectivity index (χ2n) is 4.74. The number of aromatic nitrogens is 1. The maximum absolute atomic E-state index is 13.8. The first-order valence-corrected chi connectivity index (χ1v) is 6.34. The molecule has 1 saturated heterocycles. The average molecular weight is 272 g/mol. The fourth-order valence-corrected chi connectivity index (χ4v) is 2.46. The van der Waals surface area contributed by atoms with Crippen LogP contribution in [0.5, 0.6) is 0 Å². The standard InChI is InChI=1S/C12H18F2N4O/c13-9-6-10(14)12(16-11(9)17-15)18-4-1-2-8(7-18)3-5-19/h6,8,19H,1-5,7,15H2,(H,16,17). The molecule has 7 heteroatoms. The molecule has 0 aromatic carbocycles. The Labute approximate surface area is 110 Å². The van der Waals surface area contributed by atoms with Crippen molar-refractivity contribution in [2.24, 2.45) is 11.8 Å². The quantitative estimate of drug-likeness (QED) is 0.568. The lowest BCUT2D eigenvalue weighted by Crippen LogP contribution is -2.37. The van der Waals surface area contributed by atoms with Crippen LogP contribution in [-0.2, 0) is 0 Å². The van der Waals surface area contributed by atoms with E-state index in [0.29, 0.717) is 25.4 Å². The summed E-state index contributed by atoms with van der Waals surface area (Å²) in [5.41, 5.74) is 2.12. The third-order valence-corrected chi connectivity index (χ3v) is 3.40. The number of nitrogen functional groups attached to an aromatic ring is 1. The van der Waals surface area contributed by atoms with Crippen molar-refractivity contribution < 1.29 is 13.9 Å². The van der Waals surface area contributed by atoms with Gasteiger partial charge in [-0.15, -0.1) is 0 Å². The first-order valence-electron chi connectivity index (χ1n) is 6.34. The molecule has 19 heavy (non-hydrogen) atoms. The number of nitrogens with one attached hydrogen (secondary N) is 1. The predicted octanol–water partition coefficient (Wildman–Crippen LogP) is 1.24. The van der Waals surface area contributed by atoms with Gasteiger partial charge < -0.3 is 15.4 Å². The number of nitrogens with two attached hydrogens (primary N) is 1. The molecule has 2 rings (SSSR count). The van der Waals surface area contributed by atoms with Crippen LogP contribution in [0.2, 0.25) is 0 Å². The SMILES string of the molecule is NNc1nc(N2CCCC(CCO)C2)c(F)cc1F. The smallest absolute Gasteiger partial charge is 0.178 e. The topological polar surface area (TPSA) is 74.4 Å². The molecule has 0 spiro atoms. The fourth-order valence-electron chi connectivity index (χ4n) is 2.46. The zero-order valence-electron chi connectivity index (χ0n) is 10.6. The molecular weight excluding hydrogens is 254 g/mol. The van der Waals surface area contributed by atoms with Gasteiger partial charge >= 0.3 is 0 Å². The Balaban J connectivity index is 2.20. The number of aliphatic hydroxyl groups is 1. The van der Waals surface area contributed by atoms with Crippen molar-refractivity contribution in [3.05, 3.63) is 17.7 Å². The van der Waals surface area contributed by atoms with E-state index in [4.69, 9.17) is 10.9 Å². The van der Waals surface area contributed by atoms with Gasteiger partial charge in [0.15, 0.2) is 23.3 Å². The lowest BCUT2D eigenvalue weighted by molar-refractivity contribution is 0.244. The Hall–Kier alpha value is -1.47. The summed E-state index contributed by atoms with van der Waals surface area (Å²) in [4.78, 5) is 5.66. The van der Waals surface area contributed by atoms with E-state index in [1.165, 1.54) is 0 Å². The molecule has 2 heterocycles. The lowest BCUT2D eigenvalue weighted by Gasteiger charge is -2.33. The minimum absolute atomic E-state index is 0.108. The van der Waals surface area contributed by atoms with Gasteiger partial charge in [0.05, 0.1) is 0 Å². The normalized spacial score (nSPS) is 19.6. The number of anilines is 2. The predicted molar refractivity (Wildman–Crippen MR) is 68.6 cm³/mol. The molecule has 1 fully saturated rings. The number of rotatable bonds is 4. The highest BCUT2D eigenvalue weighted by atomic mass is 19.1. The highest BCUT2D eigenvalue weighted by molar-refractivity contribution is 5.49. The Bertz CT molecular complexity index is 442. The Kier molecular flexibility index (Phi) is 4.49. The van der Waals surface area contributed by atoms with Crippen LogP contribution in [0.25, 0.3) is 0 Å². The summed E-state index contributed by atoms with van der Waals surface area (Å²) in [7, 11) is 0. The number of pyridine rings is 1. The van der Waals surface area contributed by atoms with E-state index in [9.17, 15) is 8.78 Å². The zero-order chi connectivity index (χ0) is 13.8. The van der Waals surface area contributed by atoms with Crippen molar-refractivity contribution >= 4 is 11.6 Å². The molecule has 0 amide bonds. The number of piperidine rings is 1. The molecule has 4 N–H and O–H groups in total. The van der Waals surface area contributed by atoms with E-state index in [0.717, 1.165) is 18.9 Å². The Morgan fingerprint density at radius 2 is 2.26 bits per heavy atom. The average Bonchev–Trinajstić information content (AvgIpc) is 2.39. The van der Waals surface area contributed by atoms with Gasteiger partial charge in [0, 0.05) is 25.8 Å². The second-order valence-corrected chi connectivity index (χ2v) is 4.74. The van der Waals surface area contributed by atoms with Crippen LogP contribution < -0.4 is 16.2 Å². The summed E-state index contributed by atoms with van der Waals surface area (Å²) >= 11 is 0. The first-order chi connectivity index (χ1) is 9.15. The van der Waals surface area contributed by atoms with Gasteiger partial charge in [-0.1, -0.05) is 0 Å². The third-order valence-electron chi connectivity index (χ3n) is 3.40. The summed E-state index contributed by atoms with van der Waals surface area (Å²) in [6, 6.07) is 0.785. The molecule has 0 radical (unpaired) electrons. The van der Waals surface area contributed by atoms with E-state index in [-0.39, 0.29) is 18.2 Å². The van der Waals surface area contributed by atoms with Crippen molar-refractivity contribution in [2.75, 3.05) is 30.0 Å². The van der Waals surface area contributed by atoms with Crippen LogP contribution in [-0.4, -0.2) is 29.8 Å². The van der Waals surface area contributed by atoms with Gasteiger partial charge in [-0.25, -0.2) is 19.6 Å². The number of aliphatic hydroxyl groups excluding tert-OH is 1. The number of hydrogen-bond donors (Lipinski definition) is 3. The lowest BCUT2D eigenvalue weighted by atomic mass is 9.95. The number of halogens is 2. The van der Waals surface area contributed by atoms with Crippen molar-refractivity contribution in [1.29, 1.82) is 0 Å². The second kappa shape index (κ2) is 6.12. The molecule has 1 aliphatic rings. The monoisotopic (exact) mass is 272 g/mol. The molecule has 0 aliphatic carbocycles. The van der Waals surface area contributed by atoms with Gasteiger partial charge in [0.2, 0.25) is 0 Å². The van der Waals surface area contributed by atoms with Gasteiger partial charge in [0.25, 0.3) is 0 Å². The number of hydrogen-bond acceptors (Lipinski definition) is 5. The van der Waals surface area contributed by atoms with Crippen LogP contribution in [0.3, 0.4) is 0 Å². The van der Waals surface area contributed by atoms with Gasteiger partial charge in [-0.3, -0.25) is 0 Å². The molecule has 5 nitrogen and oxygen atoms in total. The molecule has 0 saturated carbocycles. The summed E-state index contributed by atoms with van der Waals surface area (Å²) in [6.07, 6.45) is 2.58. The largest absolute Gasteiger partial charge is 0.396 e. The summed E-state index contributed by atoms with van der Waals surface area (Å²) in [5.74, 6) is 3.89. The van der Waals surface area contributed by atoms with Crippen LogP contribution >= 0.6 is 0 Å². The van der Waals surface area contributed by atoms with Crippen molar-refractivity contribution in [3.63, 3.8) is 0 Å². The van der Waals surface area contributed by atoms with Crippen LogP contribution in [0.1, 0.15) is 19.3 Å². The molecule has 0 bridgehead atoms. The molecule has 1 aromatic heterocycles. The fraction of sp³-hybridized carbons (Fsp3) is 0.583. The van der Waals surface area contributed by atoms with Crippen molar-refractivity contribution in [2.45, 2.75) is 19.3 Å². The number of hydrazine groups is 1. The van der Waals surface area contributed by atoms with E-state index in [1.54, 1.807) is 4.90 Å². The van der Waals surface area contributed by atoms with Gasteiger partial charge in [-0.2, -0.15) is 0 Å². The molecular formula is C12H18F2N4O. The van der Waals surface area contributed by atoms with Gasteiger partial charge in [-0.05, 0) is 25.2 Å². The van der Waals surface area contributed by atoms with Crippen molar-refractivity contribution in [1.82, 2.24) is 4.98 Å². The summed E-state index contributed by atoms with van der Waals surface area (Å²) in [5, 5.41) is 8.96. The molecule has 1 atom stereocenters. The highest BCUT2D eigenvalue weighted by Crippen LogP contribution is 2.27. The minimum Gasteiger partial charge on any atom is -0.396 e. The third kappa shape index (κ3) is 3.10. The van der Waals surface area contributed by atoms with Gasteiger partial charge in [0.1, 0.15) is 0 Å². The van der Waals surface area contributed by atoms with Crippen LogP contribution in [0, 0.1) is 17.6 Å². The number of nitrogens with zero attached hydrogens (tertiary/aromatic N) is 2. The minimum atomic E-state index is -0.812. The van der Waals surface area contributed by atoms with E-state index in [2.05, 4.69) is 10.4 Å². The summed E-state index contributed by atoms with van der Waals surface area (Å²) < 4.78 is 27.1.